The number of nitrogens with one attached hydrogen (secondary N) is 2. The molecule has 0 bridgehead atoms. The fourth-order valence-electron chi connectivity index (χ4n) is 4.85. The smallest absolute Gasteiger partial charge is 0.223 e. The predicted octanol–water partition coefficient (Wildman–Crippen LogP) is 2.95. The van der Waals surface area contributed by atoms with E-state index in [1.807, 2.05) is 0 Å². The molecule has 1 spiro atoms. The van der Waals surface area contributed by atoms with Gasteiger partial charge in [0.25, 0.3) is 0 Å². The fraction of sp³-hybridized carbons (Fsp3) is 0.944. The van der Waals surface area contributed by atoms with E-state index in [1.165, 1.54) is 32.1 Å². The van der Waals surface area contributed by atoms with Crippen LogP contribution in [0.2, 0.25) is 0 Å². The Kier molecular flexibility index (Phi) is 4.31. The average molecular weight is 292 g/mol. The lowest BCUT2D eigenvalue weighted by Gasteiger charge is -2.38. The van der Waals surface area contributed by atoms with Gasteiger partial charge in [0.1, 0.15) is 0 Å². The molecule has 2 aliphatic carbocycles. The minimum absolute atomic E-state index is 0.310. The summed E-state index contributed by atoms with van der Waals surface area (Å²) >= 11 is 0. The molecular formula is C18H32N2O. The van der Waals surface area contributed by atoms with Crippen molar-refractivity contribution in [3.8, 4) is 0 Å². The number of rotatable bonds is 3. The van der Waals surface area contributed by atoms with Crippen molar-refractivity contribution >= 4 is 5.91 Å². The summed E-state index contributed by atoms with van der Waals surface area (Å²) in [7, 11) is 0. The first-order chi connectivity index (χ1) is 10.0. The second-order valence-electron chi connectivity index (χ2n) is 8.31. The second-order valence-corrected chi connectivity index (χ2v) is 8.31. The van der Waals surface area contributed by atoms with E-state index in [-0.39, 0.29) is 0 Å². The Labute approximate surface area is 129 Å². The number of hydrogen-bond acceptors (Lipinski definition) is 2. The van der Waals surface area contributed by atoms with E-state index < -0.39 is 0 Å². The standard InChI is InChI=1S/C18H32N2O/c1-12(2)14-5-4-13(3)10-16(14)20-17(21)15-11-18(15)6-8-19-9-7-18/h12-16,19H,4-11H2,1-3H3,(H,20,21). The van der Waals surface area contributed by atoms with Gasteiger partial charge in [0.2, 0.25) is 5.91 Å². The molecule has 2 N–H and O–H groups in total. The lowest BCUT2D eigenvalue weighted by Crippen LogP contribution is -2.46. The molecule has 3 rings (SSSR count). The quantitative estimate of drug-likeness (QED) is 0.839. The van der Waals surface area contributed by atoms with E-state index in [0.717, 1.165) is 25.4 Å². The second kappa shape index (κ2) is 5.91. The van der Waals surface area contributed by atoms with Crippen LogP contribution in [0.3, 0.4) is 0 Å². The van der Waals surface area contributed by atoms with Gasteiger partial charge in [-0.05, 0) is 68.4 Å². The van der Waals surface area contributed by atoms with Crippen LogP contribution in [0, 0.1) is 29.1 Å². The summed E-state index contributed by atoms with van der Waals surface area (Å²) in [6.45, 7) is 9.15. The van der Waals surface area contributed by atoms with E-state index in [1.54, 1.807) is 0 Å². The van der Waals surface area contributed by atoms with E-state index in [4.69, 9.17) is 0 Å². The summed E-state index contributed by atoms with van der Waals surface area (Å²) in [4.78, 5) is 12.7. The SMILES string of the molecule is CC1CCC(C(C)C)C(NC(=O)C2CC23CCNCC3)C1. The Morgan fingerprint density at radius 3 is 2.62 bits per heavy atom. The molecule has 4 atom stereocenters. The molecule has 0 aromatic carbocycles. The first kappa shape index (κ1) is 15.3. The van der Waals surface area contributed by atoms with Gasteiger partial charge in [-0.15, -0.1) is 0 Å². The van der Waals surface area contributed by atoms with Crippen molar-refractivity contribution in [2.24, 2.45) is 29.1 Å². The first-order valence-corrected chi connectivity index (χ1v) is 9.03. The van der Waals surface area contributed by atoms with Crippen LogP contribution in [-0.2, 0) is 4.79 Å². The Balaban J connectivity index is 1.58. The lowest BCUT2D eigenvalue weighted by atomic mass is 9.74. The predicted molar refractivity (Wildman–Crippen MR) is 85.9 cm³/mol. The van der Waals surface area contributed by atoms with Crippen molar-refractivity contribution in [3.05, 3.63) is 0 Å². The van der Waals surface area contributed by atoms with Gasteiger partial charge in [-0.2, -0.15) is 0 Å². The third kappa shape index (κ3) is 3.13. The highest BCUT2D eigenvalue weighted by Gasteiger charge is 2.57. The molecule has 1 saturated heterocycles. The Morgan fingerprint density at radius 1 is 1.24 bits per heavy atom. The lowest BCUT2D eigenvalue weighted by molar-refractivity contribution is -0.124. The zero-order valence-electron chi connectivity index (χ0n) is 14.0. The van der Waals surface area contributed by atoms with Crippen molar-refractivity contribution in [1.29, 1.82) is 0 Å². The number of carbonyl (C=O) groups is 1. The van der Waals surface area contributed by atoms with Crippen molar-refractivity contribution in [2.45, 2.75) is 65.3 Å². The highest BCUT2D eigenvalue weighted by Crippen LogP contribution is 2.58. The van der Waals surface area contributed by atoms with Crippen molar-refractivity contribution in [1.82, 2.24) is 10.6 Å². The van der Waals surface area contributed by atoms with Gasteiger partial charge in [0.05, 0.1) is 0 Å². The van der Waals surface area contributed by atoms with Gasteiger partial charge < -0.3 is 10.6 Å². The van der Waals surface area contributed by atoms with Crippen LogP contribution in [0.5, 0.6) is 0 Å². The molecule has 120 valence electrons. The van der Waals surface area contributed by atoms with Gasteiger partial charge in [-0.1, -0.05) is 27.2 Å². The zero-order chi connectivity index (χ0) is 15.0. The molecule has 3 fully saturated rings. The zero-order valence-corrected chi connectivity index (χ0v) is 14.0. The van der Waals surface area contributed by atoms with Crippen molar-refractivity contribution in [3.63, 3.8) is 0 Å². The Bertz CT molecular complexity index is 387. The van der Waals surface area contributed by atoms with Gasteiger partial charge in [0.15, 0.2) is 0 Å². The number of carbonyl (C=O) groups excluding carboxylic acids is 1. The Hall–Kier alpha value is -0.570. The molecular weight excluding hydrogens is 260 g/mol. The molecule has 3 aliphatic rings. The Morgan fingerprint density at radius 2 is 1.95 bits per heavy atom. The minimum atomic E-state index is 0.310. The van der Waals surface area contributed by atoms with Crippen LogP contribution in [-0.4, -0.2) is 25.0 Å². The highest BCUT2D eigenvalue weighted by atomic mass is 16.2. The topological polar surface area (TPSA) is 41.1 Å². The summed E-state index contributed by atoms with van der Waals surface area (Å²) in [6.07, 6.45) is 7.31. The van der Waals surface area contributed by atoms with E-state index >= 15 is 0 Å². The van der Waals surface area contributed by atoms with Crippen molar-refractivity contribution in [2.75, 3.05) is 13.1 Å². The maximum absolute atomic E-state index is 12.7. The van der Waals surface area contributed by atoms with Crippen LogP contribution in [0.1, 0.15) is 59.3 Å². The average Bonchev–Trinajstić information content (AvgIpc) is 3.13. The maximum Gasteiger partial charge on any atom is 0.223 e. The molecule has 2 saturated carbocycles. The number of hydrogen-bond donors (Lipinski definition) is 2. The molecule has 1 aliphatic heterocycles. The summed E-state index contributed by atoms with van der Waals surface area (Å²) < 4.78 is 0. The largest absolute Gasteiger partial charge is 0.353 e. The highest BCUT2D eigenvalue weighted by molar-refractivity contribution is 5.83. The van der Waals surface area contributed by atoms with Crippen molar-refractivity contribution < 1.29 is 4.79 Å². The maximum atomic E-state index is 12.7. The van der Waals surface area contributed by atoms with Gasteiger partial charge >= 0.3 is 0 Å². The third-order valence-corrected chi connectivity index (χ3v) is 6.46. The van der Waals surface area contributed by atoms with Crippen LogP contribution >= 0.6 is 0 Å². The summed E-state index contributed by atoms with van der Waals surface area (Å²) in [5, 5.41) is 6.87. The first-order valence-electron chi connectivity index (χ1n) is 9.03. The van der Waals surface area contributed by atoms with Crippen LogP contribution in [0.4, 0.5) is 0 Å². The molecule has 1 heterocycles. The molecule has 4 unspecified atom stereocenters. The monoisotopic (exact) mass is 292 g/mol. The van der Waals surface area contributed by atoms with E-state index in [9.17, 15) is 4.79 Å². The van der Waals surface area contributed by atoms with Crippen LogP contribution < -0.4 is 10.6 Å². The van der Waals surface area contributed by atoms with E-state index in [2.05, 4.69) is 31.4 Å². The van der Waals surface area contributed by atoms with Crippen LogP contribution in [0.15, 0.2) is 0 Å². The number of piperidine rings is 1. The summed E-state index contributed by atoms with van der Waals surface area (Å²) in [6, 6.07) is 0.417. The molecule has 21 heavy (non-hydrogen) atoms. The molecule has 3 heteroatoms. The van der Waals surface area contributed by atoms with Gasteiger partial charge in [-0.3, -0.25) is 4.79 Å². The van der Waals surface area contributed by atoms with Gasteiger partial charge in [-0.25, -0.2) is 0 Å². The normalized spacial score (nSPS) is 38.5. The number of amides is 1. The molecule has 3 nitrogen and oxygen atoms in total. The summed E-state index contributed by atoms with van der Waals surface area (Å²) in [5.74, 6) is 2.78. The molecule has 0 radical (unpaired) electrons. The molecule has 0 aromatic rings. The minimum Gasteiger partial charge on any atom is -0.353 e. The van der Waals surface area contributed by atoms with E-state index in [0.29, 0.717) is 35.1 Å². The molecule has 0 aromatic heterocycles. The van der Waals surface area contributed by atoms with Crippen LogP contribution in [0.25, 0.3) is 0 Å². The van der Waals surface area contributed by atoms with Gasteiger partial charge in [0, 0.05) is 12.0 Å². The fourth-order valence-corrected chi connectivity index (χ4v) is 4.85. The summed E-state index contributed by atoms with van der Waals surface area (Å²) in [5.41, 5.74) is 0.364. The third-order valence-electron chi connectivity index (χ3n) is 6.46. The molecule has 1 amide bonds.